The summed E-state index contributed by atoms with van der Waals surface area (Å²) in [4.78, 5) is 9.14. The monoisotopic (exact) mass is 718 g/mol. The Balaban J connectivity index is 1.48. The van der Waals surface area contributed by atoms with Gasteiger partial charge in [-0.25, -0.2) is 4.98 Å². The van der Waals surface area contributed by atoms with E-state index in [1.807, 2.05) is 109 Å². The molecule has 2 atom stereocenters. The van der Waals surface area contributed by atoms with Crippen molar-refractivity contribution in [2.45, 2.75) is 25.4 Å². The number of imidazole rings is 1. The van der Waals surface area contributed by atoms with E-state index in [1.54, 1.807) is 6.07 Å². The van der Waals surface area contributed by atoms with E-state index in [2.05, 4.69) is 5.32 Å². The number of allylic oxidation sites excluding steroid dienone is 2. The van der Waals surface area contributed by atoms with Crippen LogP contribution in [0, 0.1) is 5.92 Å². The lowest BCUT2D eigenvalue weighted by Gasteiger charge is -2.23. The van der Waals surface area contributed by atoms with Gasteiger partial charge in [0.2, 0.25) is 0 Å². The van der Waals surface area contributed by atoms with E-state index < -0.39 is 18.0 Å². The molecule has 9 nitrogen and oxygen atoms in total. The first-order chi connectivity index (χ1) is 25.0. The maximum atomic E-state index is 14.0. The number of nitrogens with one attached hydrogen (secondary N) is 1. The van der Waals surface area contributed by atoms with Crippen LogP contribution in [0.5, 0.6) is 0 Å². The standard InChI is InChI=1S/C40H49F3N6O3/c1-47(2)34-16-12-29(13-17-34)36-37(30-14-18-35(19-15-30)48(3)4)49(38(46-36)32-6-5-7-33(26-32)40(41,42)43)27-28-8-10-31(11-9-28)39(50)45-21-23-52-25-24-51-22-20-44/h5-8,10-19,26,28,39,45,50H,9,20-25,27,44H2,1-4H3. The smallest absolute Gasteiger partial charge is 0.378 e. The van der Waals surface area contributed by atoms with Crippen LogP contribution in [0.3, 0.4) is 0 Å². The third-order valence-electron chi connectivity index (χ3n) is 8.90. The molecule has 278 valence electrons. The molecule has 1 aromatic heterocycles. The van der Waals surface area contributed by atoms with Gasteiger partial charge in [-0.3, -0.25) is 5.32 Å². The van der Waals surface area contributed by atoms with E-state index >= 15 is 0 Å². The molecule has 0 bridgehead atoms. The number of nitrogens with two attached hydrogens (primary N) is 1. The maximum absolute atomic E-state index is 14.0. The second-order valence-electron chi connectivity index (χ2n) is 13.1. The minimum absolute atomic E-state index is 0.0182. The van der Waals surface area contributed by atoms with Crippen LogP contribution in [-0.4, -0.2) is 88.6 Å². The largest absolute Gasteiger partial charge is 0.416 e. The summed E-state index contributed by atoms with van der Waals surface area (Å²) in [5, 5.41) is 13.9. The Hall–Kier alpha value is -4.46. The quantitative estimate of drug-likeness (QED) is 0.0848. The van der Waals surface area contributed by atoms with Gasteiger partial charge >= 0.3 is 6.18 Å². The van der Waals surface area contributed by atoms with E-state index in [4.69, 9.17) is 20.2 Å². The highest BCUT2D eigenvalue weighted by Gasteiger charge is 2.31. The average molecular weight is 719 g/mol. The summed E-state index contributed by atoms with van der Waals surface area (Å²) in [7, 11) is 7.89. The number of aliphatic hydroxyl groups is 1. The molecule has 2 unspecified atom stereocenters. The predicted octanol–water partition coefficient (Wildman–Crippen LogP) is 6.44. The fourth-order valence-corrected chi connectivity index (χ4v) is 6.06. The van der Waals surface area contributed by atoms with E-state index in [-0.39, 0.29) is 5.92 Å². The second kappa shape index (κ2) is 17.8. The van der Waals surface area contributed by atoms with Gasteiger partial charge in [-0.2, -0.15) is 13.2 Å². The first kappa shape index (κ1) is 38.8. The molecule has 0 radical (unpaired) electrons. The van der Waals surface area contributed by atoms with Crippen molar-refractivity contribution in [2.75, 3.05) is 77.5 Å². The Kier molecular flexibility index (Phi) is 13.3. The van der Waals surface area contributed by atoms with E-state index in [0.717, 1.165) is 39.8 Å². The number of anilines is 2. The highest BCUT2D eigenvalue weighted by molar-refractivity contribution is 5.83. The van der Waals surface area contributed by atoms with Crippen LogP contribution >= 0.6 is 0 Å². The molecule has 52 heavy (non-hydrogen) atoms. The molecule has 3 aromatic carbocycles. The number of rotatable bonds is 17. The first-order valence-corrected chi connectivity index (χ1v) is 17.4. The zero-order valence-corrected chi connectivity index (χ0v) is 30.2. The number of aliphatic hydroxyl groups excluding tert-OH is 1. The molecule has 0 fully saturated rings. The number of hydrogen-bond acceptors (Lipinski definition) is 8. The SMILES string of the molecule is CN(C)c1ccc(-c2nc(-c3cccc(C(F)(F)F)c3)n(CC3C=CC(C(O)NCCOCCOCCN)=CC3)c2-c2ccc(N(C)C)cc2)cc1. The van der Waals surface area contributed by atoms with Gasteiger partial charge in [0.15, 0.2) is 0 Å². The Labute approximate surface area is 304 Å². The van der Waals surface area contributed by atoms with Crippen molar-refractivity contribution >= 4 is 11.4 Å². The van der Waals surface area contributed by atoms with Crippen molar-refractivity contribution in [1.82, 2.24) is 14.9 Å². The van der Waals surface area contributed by atoms with Gasteiger partial charge in [0.25, 0.3) is 0 Å². The molecule has 0 aliphatic heterocycles. The van der Waals surface area contributed by atoms with Crippen LogP contribution < -0.4 is 20.9 Å². The van der Waals surface area contributed by atoms with Gasteiger partial charge in [0.05, 0.1) is 43.4 Å². The lowest BCUT2D eigenvalue weighted by Crippen LogP contribution is -2.33. The molecule has 0 amide bonds. The fourth-order valence-electron chi connectivity index (χ4n) is 6.06. The highest BCUT2D eigenvalue weighted by atomic mass is 19.4. The number of nitrogens with zero attached hydrogens (tertiary/aromatic N) is 4. The summed E-state index contributed by atoms with van der Waals surface area (Å²) in [6.45, 7) is 3.19. The molecule has 0 saturated heterocycles. The highest BCUT2D eigenvalue weighted by Crippen LogP contribution is 2.40. The van der Waals surface area contributed by atoms with Crippen molar-refractivity contribution in [1.29, 1.82) is 0 Å². The molecule has 1 aliphatic rings. The topological polar surface area (TPSA) is 101 Å². The number of aromatic nitrogens is 2. The Morgan fingerprint density at radius 3 is 2.10 bits per heavy atom. The van der Waals surface area contributed by atoms with Crippen molar-refractivity contribution in [3.8, 4) is 33.9 Å². The molecule has 0 saturated carbocycles. The van der Waals surface area contributed by atoms with Crippen LogP contribution in [-0.2, 0) is 22.2 Å². The molecular weight excluding hydrogens is 669 g/mol. The lowest BCUT2D eigenvalue weighted by molar-refractivity contribution is -0.137. The summed E-state index contributed by atoms with van der Waals surface area (Å²) in [6.07, 6.45) is 1.19. The van der Waals surface area contributed by atoms with Gasteiger partial charge in [-0.05, 0) is 54.3 Å². The molecule has 4 aromatic rings. The van der Waals surface area contributed by atoms with Crippen molar-refractivity contribution in [3.63, 3.8) is 0 Å². The molecule has 5 rings (SSSR count). The Bertz CT molecular complexity index is 1800. The third kappa shape index (κ3) is 9.90. The van der Waals surface area contributed by atoms with Crippen molar-refractivity contribution in [2.24, 2.45) is 11.7 Å². The van der Waals surface area contributed by atoms with Crippen LogP contribution in [0.15, 0.2) is 96.6 Å². The third-order valence-corrected chi connectivity index (χ3v) is 8.90. The molecular formula is C40H49F3N6O3. The maximum Gasteiger partial charge on any atom is 0.416 e. The van der Waals surface area contributed by atoms with Gasteiger partial charge < -0.3 is 34.7 Å². The normalized spacial score (nSPS) is 15.1. The average Bonchev–Trinajstić information content (AvgIpc) is 3.51. The second-order valence-corrected chi connectivity index (χ2v) is 13.1. The van der Waals surface area contributed by atoms with Gasteiger partial charge in [-0.15, -0.1) is 0 Å². The summed E-state index contributed by atoms with van der Waals surface area (Å²) >= 11 is 0. The summed E-state index contributed by atoms with van der Waals surface area (Å²) in [6, 6.07) is 21.5. The van der Waals surface area contributed by atoms with Crippen molar-refractivity contribution < 1.29 is 27.8 Å². The van der Waals surface area contributed by atoms with Crippen LogP contribution in [0.1, 0.15) is 12.0 Å². The zero-order chi connectivity index (χ0) is 37.3. The predicted molar refractivity (Wildman–Crippen MR) is 202 cm³/mol. The van der Waals surface area contributed by atoms with Gasteiger partial charge in [-0.1, -0.05) is 54.6 Å². The molecule has 1 heterocycles. The zero-order valence-electron chi connectivity index (χ0n) is 30.2. The molecule has 12 heteroatoms. The fraction of sp³-hybridized carbons (Fsp3) is 0.375. The van der Waals surface area contributed by atoms with E-state index in [0.29, 0.717) is 69.6 Å². The summed E-state index contributed by atoms with van der Waals surface area (Å²) in [5.74, 6) is 0.429. The van der Waals surface area contributed by atoms with Crippen LogP contribution in [0.2, 0.25) is 0 Å². The number of ether oxygens (including phenoxy) is 2. The van der Waals surface area contributed by atoms with Gasteiger partial charge in [0, 0.05) is 75.9 Å². The Morgan fingerprint density at radius 2 is 1.52 bits per heavy atom. The van der Waals surface area contributed by atoms with Crippen LogP contribution in [0.25, 0.3) is 33.9 Å². The number of halogens is 3. The van der Waals surface area contributed by atoms with Crippen molar-refractivity contribution in [3.05, 3.63) is 102 Å². The number of alkyl halides is 3. The lowest BCUT2D eigenvalue weighted by atomic mass is 9.95. The van der Waals surface area contributed by atoms with Crippen LogP contribution in [0.4, 0.5) is 24.5 Å². The molecule has 1 aliphatic carbocycles. The van der Waals surface area contributed by atoms with E-state index in [1.165, 1.54) is 12.1 Å². The van der Waals surface area contributed by atoms with E-state index in [9.17, 15) is 18.3 Å². The molecule has 4 N–H and O–H groups in total. The molecule has 0 spiro atoms. The number of hydrogen-bond donors (Lipinski definition) is 3. The minimum Gasteiger partial charge on any atom is -0.378 e. The number of benzene rings is 3. The minimum atomic E-state index is -4.50. The first-order valence-electron chi connectivity index (χ1n) is 17.4. The Morgan fingerprint density at radius 1 is 0.885 bits per heavy atom. The summed E-state index contributed by atoms with van der Waals surface area (Å²) < 4.78 is 54.8. The summed E-state index contributed by atoms with van der Waals surface area (Å²) in [5.41, 5.74) is 11.1. The van der Waals surface area contributed by atoms with Gasteiger partial charge in [0.1, 0.15) is 12.1 Å².